The molecule has 1 aromatic carbocycles. The zero-order chi connectivity index (χ0) is 14.4. The summed E-state index contributed by atoms with van der Waals surface area (Å²) in [7, 11) is 0. The van der Waals surface area contributed by atoms with Gasteiger partial charge in [-0.15, -0.1) is 11.8 Å². The predicted octanol–water partition coefficient (Wildman–Crippen LogP) is 4.02. The standard InChI is InChI=1S/C16H21N3S/c1-16(2,10-9-13-7-5-4-6-8-13)19-14-11-15(20-3)18-12-17-14/h4-8,11-12H,9-10H2,1-3H3,(H,17,18,19). The summed E-state index contributed by atoms with van der Waals surface area (Å²) in [5.41, 5.74) is 1.37. The lowest BCUT2D eigenvalue weighted by Gasteiger charge is -2.27. The lowest BCUT2D eigenvalue weighted by Crippen LogP contribution is -2.31. The molecule has 0 unspecified atom stereocenters. The first-order valence-corrected chi connectivity index (χ1v) is 8.00. The first-order chi connectivity index (χ1) is 9.59. The fourth-order valence-electron chi connectivity index (χ4n) is 2.03. The van der Waals surface area contributed by atoms with E-state index in [1.165, 1.54) is 5.56 Å². The molecule has 0 aliphatic carbocycles. The van der Waals surface area contributed by atoms with Gasteiger partial charge in [-0.2, -0.15) is 0 Å². The molecule has 0 saturated heterocycles. The van der Waals surface area contributed by atoms with Crippen LogP contribution in [0.3, 0.4) is 0 Å². The van der Waals surface area contributed by atoms with Crippen LogP contribution in [-0.2, 0) is 6.42 Å². The summed E-state index contributed by atoms with van der Waals surface area (Å²) in [5.74, 6) is 0.891. The third-order valence-electron chi connectivity index (χ3n) is 3.20. The molecular weight excluding hydrogens is 266 g/mol. The third-order valence-corrected chi connectivity index (χ3v) is 3.84. The average Bonchev–Trinajstić information content (AvgIpc) is 2.46. The maximum Gasteiger partial charge on any atom is 0.130 e. The molecule has 20 heavy (non-hydrogen) atoms. The van der Waals surface area contributed by atoms with Crippen molar-refractivity contribution in [2.75, 3.05) is 11.6 Å². The largest absolute Gasteiger partial charge is 0.365 e. The topological polar surface area (TPSA) is 37.8 Å². The van der Waals surface area contributed by atoms with Crippen LogP contribution < -0.4 is 5.32 Å². The van der Waals surface area contributed by atoms with Gasteiger partial charge >= 0.3 is 0 Å². The number of aryl methyl sites for hydroxylation is 1. The molecule has 0 bridgehead atoms. The van der Waals surface area contributed by atoms with Crippen LogP contribution in [0.15, 0.2) is 47.8 Å². The number of hydrogen-bond donors (Lipinski definition) is 1. The number of anilines is 1. The number of nitrogens with one attached hydrogen (secondary N) is 1. The molecule has 106 valence electrons. The van der Waals surface area contributed by atoms with E-state index in [1.54, 1.807) is 18.1 Å². The van der Waals surface area contributed by atoms with Crippen molar-refractivity contribution in [1.29, 1.82) is 0 Å². The van der Waals surface area contributed by atoms with Crippen LogP contribution in [0.25, 0.3) is 0 Å². The zero-order valence-electron chi connectivity index (χ0n) is 12.3. The van der Waals surface area contributed by atoms with Crippen molar-refractivity contribution in [2.45, 2.75) is 37.3 Å². The fraction of sp³-hybridized carbons (Fsp3) is 0.375. The Labute approximate surface area is 125 Å². The van der Waals surface area contributed by atoms with Crippen molar-refractivity contribution < 1.29 is 0 Å². The van der Waals surface area contributed by atoms with Crippen molar-refractivity contribution in [3.05, 3.63) is 48.3 Å². The van der Waals surface area contributed by atoms with Crippen LogP contribution in [0.2, 0.25) is 0 Å². The number of hydrogen-bond acceptors (Lipinski definition) is 4. The zero-order valence-corrected chi connectivity index (χ0v) is 13.1. The molecule has 2 rings (SSSR count). The number of rotatable bonds is 6. The summed E-state index contributed by atoms with van der Waals surface area (Å²) in [6.07, 6.45) is 5.74. The highest BCUT2D eigenvalue weighted by Gasteiger charge is 2.18. The van der Waals surface area contributed by atoms with E-state index < -0.39 is 0 Å². The summed E-state index contributed by atoms with van der Waals surface area (Å²) in [5, 5.41) is 4.49. The minimum atomic E-state index is -0.000126. The number of nitrogens with zero attached hydrogens (tertiary/aromatic N) is 2. The molecule has 3 nitrogen and oxygen atoms in total. The van der Waals surface area contributed by atoms with Gasteiger partial charge in [-0.05, 0) is 38.5 Å². The second-order valence-electron chi connectivity index (χ2n) is 5.44. The molecule has 0 spiro atoms. The summed E-state index contributed by atoms with van der Waals surface area (Å²) in [6.45, 7) is 4.41. The quantitative estimate of drug-likeness (QED) is 0.643. The monoisotopic (exact) mass is 287 g/mol. The molecule has 1 heterocycles. The van der Waals surface area contributed by atoms with E-state index in [0.717, 1.165) is 23.7 Å². The van der Waals surface area contributed by atoms with Crippen molar-refractivity contribution in [3.63, 3.8) is 0 Å². The van der Waals surface area contributed by atoms with Gasteiger partial charge in [-0.1, -0.05) is 30.3 Å². The van der Waals surface area contributed by atoms with Crippen LogP contribution in [-0.4, -0.2) is 21.8 Å². The molecule has 2 aromatic rings. The van der Waals surface area contributed by atoms with Crippen molar-refractivity contribution >= 4 is 17.6 Å². The summed E-state index contributed by atoms with van der Waals surface area (Å²) in [4.78, 5) is 8.49. The number of aromatic nitrogens is 2. The van der Waals surface area contributed by atoms with Crippen molar-refractivity contribution in [1.82, 2.24) is 9.97 Å². The molecule has 0 fully saturated rings. The lowest BCUT2D eigenvalue weighted by atomic mass is 9.95. The average molecular weight is 287 g/mol. The molecular formula is C16H21N3S. The van der Waals surface area contributed by atoms with Crippen molar-refractivity contribution in [2.24, 2.45) is 0 Å². The lowest BCUT2D eigenvalue weighted by molar-refractivity contribution is 0.516. The highest BCUT2D eigenvalue weighted by Crippen LogP contribution is 2.21. The van der Waals surface area contributed by atoms with E-state index >= 15 is 0 Å². The normalized spacial score (nSPS) is 11.3. The maximum atomic E-state index is 4.29. The van der Waals surface area contributed by atoms with Gasteiger partial charge in [0.05, 0.1) is 0 Å². The first-order valence-electron chi connectivity index (χ1n) is 6.77. The van der Waals surface area contributed by atoms with Crippen LogP contribution in [0, 0.1) is 0 Å². The Balaban J connectivity index is 1.96. The Morgan fingerprint density at radius 3 is 2.60 bits per heavy atom. The highest BCUT2D eigenvalue weighted by atomic mass is 32.2. The SMILES string of the molecule is CSc1cc(NC(C)(C)CCc2ccccc2)ncn1. The van der Waals surface area contributed by atoms with Crippen LogP contribution in [0.5, 0.6) is 0 Å². The Bertz CT molecular complexity index is 540. The summed E-state index contributed by atoms with van der Waals surface area (Å²) >= 11 is 1.63. The minimum absolute atomic E-state index is 0.000126. The fourth-order valence-corrected chi connectivity index (χ4v) is 2.41. The van der Waals surface area contributed by atoms with E-state index in [-0.39, 0.29) is 5.54 Å². The Hall–Kier alpha value is -1.55. The van der Waals surface area contributed by atoms with Gasteiger partial charge in [0.1, 0.15) is 17.2 Å². The van der Waals surface area contributed by atoms with Gasteiger partial charge in [0.25, 0.3) is 0 Å². The third kappa shape index (κ3) is 4.53. The van der Waals surface area contributed by atoms with Gasteiger partial charge in [0.15, 0.2) is 0 Å². The van der Waals surface area contributed by atoms with Gasteiger partial charge in [0.2, 0.25) is 0 Å². The molecule has 1 N–H and O–H groups in total. The first kappa shape index (κ1) is 14.9. The van der Waals surface area contributed by atoms with E-state index in [2.05, 4.69) is 59.5 Å². The van der Waals surface area contributed by atoms with Gasteiger partial charge in [0, 0.05) is 11.6 Å². The highest BCUT2D eigenvalue weighted by molar-refractivity contribution is 7.98. The summed E-state index contributed by atoms with van der Waals surface area (Å²) < 4.78 is 0. The second-order valence-corrected chi connectivity index (χ2v) is 6.27. The molecule has 1 aromatic heterocycles. The van der Waals surface area contributed by atoms with Crippen LogP contribution >= 0.6 is 11.8 Å². The minimum Gasteiger partial charge on any atom is -0.365 e. The van der Waals surface area contributed by atoms with Crippen LogP contribution in [0.1, 0.15) is 25.8 Å². The second kappa shape index (κ2) is 6.75. The Kier molecular flexibility index (Phi) is 5.01. The van der Waals surface area contributed by atoms with E-state index in [0.29, 0.717) is 0 Å². The summed E-state index contributed by atoms with van der Waals surface area (Å²) in [6, 6.07) is 12.6. The van der Waals surface area contributed by atoms with Gasteiger partial charge in [-0.25, -0.2) is 9.97 Å². The molecule has 0 aliphatic heterocycles. The van der Waals surface area contributed by atoms with E-state index in [4.69, 9.17) is 0 Å². The van der Waals surface area contributed by atoms with Crippen molar-refractivity contribution in [3.8, 4) is 0 Å². The van der Waals surface area contributed by atoms with Gasteiger partial charge < -0.3 is 5.32 Å². The number of benzene rings is 1. The van der Waals surface area contributed by atoms with Gasteiger partial charge in [-0.3, -0.25) is 0 Å². The molecule has 0 saturated carbocycles. The van der Waals surface area contributed by atoms with E-state index in [9.17, 15) is 0 Å². The number of thioether (sulfide) groups is 1. The molecule has 0 aliphatic rings. The smallest absolute Gasteiger partial charge is 0.130 e. The molecule has 0 atom stereocenters. The Morgan fingerprint density at radius 1 is 1.15 bits per heavy atom. The maximum absolute atomic E-state index is 4.29. The Morgan fingerprint density at radius 2 is 1.90 bits per heavy atom. The van der Waals surface area contributed by atoms with Crippen LogP contribution in [0.4, 0.5) is 5.82 Å². The van der Waals surface area contributed by atoms with E-state index in [1.807, 2.05) is 12.3 Å². The molecule has 0 amide bonds. The molecule has 4 heteroatoms. The predicted molar refractivity (Wildman–Crippen MR) is 86.3 cm³/mol. The molecule has 0 radical (unpaired) electrons.